The highest BCUT2D eigenvalue weighted by Crippen LogP contribution is 2.21. The van der Waals surface area contributed by atoms with Crippen LogP contribution in [-0.2, 0) is 11.2 Å². The van der Waals surface area contributed by atoms with E-state index in [1.807, 2.05) is 18.3 Å². The molecule has 0 aliphatic carbocycles. The van der Waals surface area contributed by atoms with Crippen molar-refractivity contribution in [1.82, 2.24) is 24.6 Å². The number of amides is 1. The van der Waals surface area contributed by atoms with E-state index < -0.39 is 5.82 Å². The van der Waals surface area contributed by atoms with Crippen molar-refractivity contribution in [3.05, 3.63) is 65.5 Å². The Bertz CT molecular complexity index is 952. The molecule has 4 rings (SSSR count). The number of hydrogen-bond donors (Lipinski definition) is 0. The van der Waals surface area contributed by atoms with E-state index in [1.54, 1.807) is 21.8 Å². The van der Waals surface area contributed by atoms with E-state index in [0.29, 0.717) is 32.0 Å². The highest BCUT2D eigenvalue weighted by Gasteiger charge is 2.23. The zero-order chi connectivity index (χ0) is 19.5. The van der Waals surface area contributed by atoms with Crippen LogP contribution in [0.25, 0.3) is 5.82 Å². The summed E-state index contributed by atoms with van der Waals surface area (Å²) in [6.07, 6.45) is 4.97. The lowest BCUT2D eigenvalue weighted by molar-refractivity contribution is -0.130. The number of piperazine rings is 1. The highest BCUT2D eigenvalue weighted by atomic mass is 35.5. The molecule has 1 fully saturated rings. The van der Waals surface area contributed by atoms with Crippen molar-refractivity contribution in [2.75, 3.05) is 31.1 Å². The smallest absolute Gasteiger partial charge is 0.227 e. The molecule has 1 aliphatic heterocycles. The number of carbonyl (C=O) groups excluding carboxylic acids is 1. The normalized spacial score (nSPS) is 14.4. The van der Waals surface area contributed by atoms with Gasteiger partial charge in [0.15, 0.2) is 5.82 Å². The van der Waals surface area contributed by atoms with Crippen LogP contribution in [0.2, 0.25) is 5.02 Å². The average molecular weight is 401 g/mol. The van der Waals surface area contributed by atoms with Crippen LogP contribution in [0.4, 0.5) is 10.2 Å². The van der Waals surface area contributed by atoms with E-state index in [0.717, 1.165) is 5.82 Å². The first-order valence-electron chi connectivity index (χ1n) is 8.89. The maximum atomic E-state index is 13.9. The molecule has 2 aromatic heterocycles. The maximum Gasteiger partial charge on any atom is 0.227 e. The zero-order valence-corrected chi connectivity index (χ0v) is 15.8. The first-order chi connectivity index (χ1) is 13.6. The van der Waals surface area contributed by atoms with Crippen molar-refractivity contribution in [3.8, 4) is 5.82 Å². The molecule has 1 aliphatic rings. The molecule has 0 N–H and O–H groups in total. The number of nitrogens with zero attached hydrogens (tertiary/aromatic N) is 6. The Morgan fingerprint density at radius 2 is 1.89 bits per heavy atom. The van der Waals surface area contributed by atoms with Crippen LogP contribution in [0.3, 0.4) is 0 Å². The summed E-state index contributed by atoms with van der Waals surface area (Å²) in [5.41, 5.74) is 0.247. The predicted octanol–water partition coefficient (Wildman–Crippen LogP) is 2.35. The van der Waals surface area contributed by atoms with Gasteiger partial charge in [0.25, 0.3) is 0 Å². The fourth-order valence-electron chi connectivity index (χ4n) is 3.19. The minimum absolute atomic E-state index is 0.0392. The van der Waals surface area contributed by atoms with Crippen LogP contribution in [0.5, 0.6) is 0 Å². The number of halogens is 2. The van der Waals surface area contributed by atoms with Gasteiger partial charge in [-0.15, -0.1) is 0 Å². The number of aromatic nitrogens is 4. The summed E-state index contributed by atoms with van der Waals surface area (Å²) in [6, 6.07) is 8.14. The van der Waals surface area contributed by atoms with E-state index in [2.05, 4.69) is 20.0 Å². The Balaban J connectivity index is 1.40. The van der Waals surface area contributed by atoms with Crippen LogP contribution in [0, 0.1) is 5.82 Å². The second-order valence-electron chi connectivity index (χ2n) is 6.43. The molecule has 9 heteroatoms. The first kappa shape index (κ1) is 18.4. The molecule has 3 heterocycles. The van der Waals surface area contributed by atoms with Gasteiger partial charge in [-0.3, -0.25) is 4.79 Å². The minimum atomic E-state index is -0.452. The summed E-state index contributed by atoms with van der Waals surface area (Å²) in [4.78, 5) is 25.0. The quantitative estimate of drug-likeness (QED) is 0.672. The molecule has 0 atom stereocenters. The van der Waals surface area contributed by atoms with Crippen LogP contribution >= 0.6 is 11.6 Å². The molecule has 3 aromatic rings. The predicted molar refractivity (Wildman–Crippen MR) is 103 cm³/mol. The van der Waals surface area contributed by atoms with Gasteiger partial charge in [-0.2, -0.15) is 5.10 Å². The molecule has 1 saturated heterocycles. The lowest BCUT2D eigenvalue weighted by Crippen LogP contribution is -2.49. The van der Waals surface area contributed by atoms with Crippen LogP contribution < -0.4 is 4.90 Å². The third kappa shape index (κ3) is 3.82. The van der Waals surface area contributed by atoms with E-state index >= 15 is 0 Å². The molecule has 0 spiro atoms. The monoisotopic (exact) mass is 400 g/mol. The summed E-state index contributed by atoms with van der Waals surface area (Å²) in [5.74, 6) is 0.880. The fourth-order valence-corrected chi connectivity index (χ4v) is 3.42. The lowest BCUT2D eigenvalue weighted by Gasteiger charge is -2.35. The van der Waals surface area contributed by atoms with Gasteiger partial charge < -0.3 is 9.80 Å². The Labute approximate surface area is 166 Å². The summed E-state index contributed by atoms with van der Waals surface area (Å²) in [6.45, 7) is 2.33. The Hall–Kier alpha value is -3.00. The highest BCUT2D eigenvalue weighted by molar-refractivity contribution is 6.31. The third-order valence-corrected chi connectivity index (χ3v) is 5.08. The van der Waals surface area contributed by atoms with Gasteiger partial charge in [0.2, 0.25) is 5.91 Å². The number of benzene rings is 1. The molecule has 0 radical (unpaired) electrons. The average Bonchev–Trinajstić information content (AvgIpc) is 3.26. The van der Waals surface area contributed by atoms with Gasteiger partial charge in [-0.1, -0.05) is 17.7 Å². The van der Waals surface area contributed by atoms with Gasteiger partial charge in [0.1, 0.15) is 18.0 Å². The lowest BCUT2D eigenvalue weighted by atomic mass is 10.1. The molecule has 28 heavy (non-hydrogen) atoms. The van der Waals surface area contributed by atoms with Crippen molar-refractivity contribution in [3.63, 3.8) is 0 Å². The molecule has 1 amide bonds. The Morgan fingerprint density at radius 3 is 2.61 bits per heavy atom. The summed E-state index contributed by atoms with van der Waals surface area (Å²) in [5, 5.41) is 4.45. The largest absolute Gasteiger partial charge is 0.353 e. The van der Waals surface area contributed by atoms with Crippen molar-refractivity contribution in [1.29, 1.82) is 0 Å². The second-order valence-corrected chi connectivity index (χ2v) is 6.84. The van der Waals surface area contributed by atoms with E-state index in [-0.39, 0.29) is 22.9 Å². The number of carbonyl (C=O) groups is 1. The number of rotatable bonds is 4. The standard InChI is InChI=1S/C19H18ClFN6O/c20-15-3-1-4-16(21)14(15)11-19(28)26-9-7-25(8-10-26)17-12-18(23-13-22-17)27-6-2-5-24-27/h1-6,12-13H,7-11H2. The van der Waals surface area contributed by atoms with E-state index in [9.17, 15) is 9.18 Å². The van der Waals surface area contributed by atoms with Crippen molar-refractivity contribution in [2.24, 2.45) is 0 Å². The molecule has 0 saturated carbocycles. The number of hydrogen-bond acceptors (Lipinski definition) is 5. The molecule has 7 nitrogen and oxygen atoms in total. The van der Waals surface area contributed by atoms with E-state index in [4.69, 9.17) is 11.6 Å². The summed E-state index contributed by atoms with van der Waals surface area (Å²) >= 11 is 6.03. The van der Waals surface area contributed by atoms with Crippen molar-refractivity contribution >= 4 is 23.3 Å². The first-order valence-corrected chi connectivity index (χ1v) is 9.27. The summed E-state index contributed by atoms with van der Waals surface area (Å²) in [7, 11) is 0. The molecular formula is C19H18ClFN6O. The van der Waals surface area contributed by atoms with Crippen molar-refractivity contribution < 1.29 is 9.18 Å². The summed E-state index contributed by atoms with van der Waals surface area (Å²) < 4.78 is 15.6. The third-order valence-electron chi connectivity index (χ3n) is 4.72. The number of anilines is 1. The molecular weight excluding hydrogens is 383 g/mol. The van der Waals surface area contributed by atoms with Crippen LogP contribution in [0.15, 0.2) is 49.1 Å². The zero-order valence-electron chi connectivity index (χ0n) is 15.0. The van der Waals surface area contributed by atoms with Gasteiger partial charge in [-0.25, -0.2) is 19.0 Å². The SMILES string of the molecule is O=C(Cc1c(F)cccc1Cl)N1CCN(c2cc(-n3cccn3)ncn2)CC1. The maximum absolute atomic E-state index is 13.9. The van der Waals surface area contributed by atoms with Crippen LogP contribution in [-0.4, -0.2) is 56.7 Å². The molecule has 1 aromatic carbocycles. The van der Waals surface area contributed by atoms with Gasteiger partial charge in [0.05, 0.1) is 6.42 Å². The second kappa shape index (κ2) is 7.93. The topological polar surface area (TPSA) is 67.2 Å². The van der Waals surface area contributed by atoms with E-state index in [1.165, 1.54) is 18.5 Å². The van der Waals surface area contributed by atoms with Gasteiger partial charge in [0, 0.05) is 55.2 Å². The van der Waals surface area contributed by atoms with Gasteiger partial charge in [-0.05, 0) is 18.2 Å². The Kier molecular flexibility index (Phi) is 5.21. The molecule has 0 bridgehead atoms. The Morgan fingerprint density at radius 1 is 1.11 bits per heavy atom. The fraction of sp³-hybridized carbons (Fsp3) is 0.263. The molecule has 0 unspecified atom stereocenters. The molecule has 144 valence electrons. The van der Waals surface area contributed by atoms with Crippen LogP contribution in [0.1, 0.15) is 5.56 Å². The van der Waals surface area contributed by atoms with Crippen molar-refractivity contribution in [2.45, 2.75) is 6.42 Å². The van der Waals surface area contributed by atoms with Gasteiger partial charge >= 0.3 is 0 Å². The minimum Gasteiger partial charge on any atom is -0.353 e.